The second kappa shape index (κ2) is 6.55. The van der Waals surface area contributed by atoms with Crippen molar-refractivity contribution in [3.63, 3.8) is 0 Å². The Balaban J connectivity index is 1.97. The fraction of sp³-hybridized carbons (Fsp3) is 0.800. The number of rotatable bonds is 4. The van der Waals surface area contributed by atoms with Crippen molar-refractivity contribution in [1.82, 2.24) is 5.32 Å². The van der Waals surface area contributed by atoms with Crippen LogP contribution in [0.1, 0.15) is 19.8 Å². The summed E-state index contributed by atoms with van der Waals surface area (Å²) in [5.74, 6) is 3.68. The van der Waals surface area contributed by atoms with Crippen molar-refractivity contribution in [1.29, 1.82) is 0 Å². The van der Waals surface area contributed by atoms with Crippen molar-refractivity contribution in [2.45, 2.75) is 19.8 Å². The summed E-state index contributed by atoms with van der Waals surface area (Å²) in [6.45, 7) is 4.32. The van der Waals surface area contributed by atoms with Crippen molar-refractivity contribution in [2.24, 2.45) is 5.92 Å². The van der Waals surface area contributed by atoms with Crippen molar-refractivity contribution in [2.75, 3.05) is 24.6 Å². The van der Waals surface area contributed by atoms with Crippen LogP contribution in [0.3, 0.4) is 0 Å². The molecule has 0 aromatic carbocycles. The van der Waals surface area contributed by atoms with Crippen LogP contribution in [0.15, 0.2) is 12.2 Å². The minimum atomic E-state index is 0.941. The largest absolute Gasteiger partial charge is 0.313 e. The first-order valence-corrected chi connectivity index (χ1v) is 5.98. The first-order chi connectivity index (χ1) is 5.93. The van der Waals surface area contributed by atoms with Gasteiger partial charge in [0.15, 0.2) is 0 Å². The Morgan fingerprint density at radius 3 is 2.83 bits per heavy atom. The zero-order chi connectivity index (χ0) is 8.65. The molecule has 1 N–H and O–H groups in total. The van der Waals surface area contributed by atoms with Gasteiger partial charge in [-0.05, 0) is 43.7 Å². The summed E-state index contributed by atoms with van der Waals surface area (Å²) in [5.41, 5.74) is 0. The lowest BCUT2D eigenvalue weighted by Crippen LogP contribution is -2.25. The van der Waals surface area contributed by atoms with E-state index in [2.05, 4.69) is 36.2 Å². The molecule has 1 rings (SSSR count). The molecule has 70 valence electrons. The Morgan fingerprint density at radius 1 is 1.42 bits per heavy atom. The summed E-state index contributed by atoms with van der Waals surface area (Å²) < 4.78 is 0. The van der Waals surface area contributed by atoms with Crippen molar-refractivity contribution in [3.8, 4) is 0 Å². The van der Waals surface area contributed by atoms with Gasteiger partial charge in [-0.1, -0.05) is 12.2 Å². The Morgan fingerprint density at radius 2 is 2.17 bits per heavy atom. The van der Waals surface area contributed by atoms with Crippen LogP contribution in [-0.2, 0) is 0 Å². The highest BCUT2D eigenvalue weighted by molar-refractivity contribution is 7.99. The highest BCUT2D eigenvalue weighted by atomic mass is 32.2. The van der Waals surface area contributed by atoms with Gasteiger partial charge in [-0.3, -0.25) is 0 Å². The molecule has 0 radical (unpaired) electrons. The third-order valence-electron chi connectivity index (χ3n) is 2.27. The molecule has 2 heteroatoms. The molecule has 1 aliphatic rings. The van der Waals surface area contributed by atoms with E-state index in [0.29, 0.717) is 0 Å². The molecule has 0 amide bonds. The summed E-state index contributed by atoms with van der Waals surface area (Å²) in [4.78, 5) is 0. The maximum Gasteiger partial charge on any atom is 0.0134 e. The van der Waals surface area contributed by atoms with E-state index < -0.39 is 0 Å². The van der Waals surface area contributed by atoms with E-state index in [1.165, 1.54) is 30.9 Å². The van der Waals surface area contributed by atoms with E-state index in [9.17, 15) is 0 Å². The monoisotopic (exact) mass is 185 g/mol. The average molecular weight is 185 g/mol. The van der Waals surface area contributed by atoms with Crippen LogP contribution < -0.4 is 5.32 Å². The minimum Gasteiger partial charge on any atom is -0.313 e. The van der Waals surface area contributed by atoms with Crippen LogP contribution in [0.5, 0.6) is 0 Å². The maximum absolute atomic E-state index is 3.46. The van der Waals surface area contributed by atoms with Gasteiger partial charge in [0.2, 0.25) is 0 Å². The molecule has 0 aromatic rings. The zero-order valence-corrected chi connectivity index (χ0v) is 8.70. The first kappa shape index (κ1) is 10.1. The second-order valence-corrected chi connectivity index (χ2v) is 4.51. The first-order valence-electron chi connectivity index (χ1n) is 4.83. The molecular weight excluding hydrogens is 166 g/mol. The molecule has 0 atom stereocenters. The van der Waals surface area contributed by atoms with E-state index >= 15 is 0 Å². The van der Waals surface area contributed by atoms with E-state index in [0.717, 1.165) is 12.5 Å². The normalized spacial score (nSPS) is 20.4. The summed E-state index contributed by atoms with van der Waals surface area (Å²) >= 11 is 2.10. The molecule has 0 unspecified atom stereocenters. The Hall–Kier alpha value is 0.0500. The van der Waals surface area contributed by atoms with Gasteiger partial charge in [0.25, 0.3) is 0 Å². The molecule has 0 spiro atoms. The summed E-state index contributed by atoms with van der Waals surface area (Å²) in [6, 6.07) is 0. The number of thioether (sulfide) groups is 1. The Labute approximate surface area is 80.0 Å². The SMILES string of the molecule is C/C=C/CNCC1CCSCC1. The van der Waals surface area contributed by atoms with Gasteiger partial charge in [-0.25, -0.2) is 0 Å². The van der Waals surface area contributed by atoms with Crippen LogP contribution in [0.4, 0.5) is 0 Å². The van der Waals surface area contributed by atoms with E-state index in [1.54, 1.807) is 0 Å². The molecular formula is C10H19NS. The van der Waals surface area contributed by atoms with Gasteiger partial charge >= 0.3 is 0 Å². The van der Waals surface area contributed by atoms with Gasteiger partial charge in [0.05, 0.1) is 0 Å². The highest BCUT2D eigenvalue weighted by Gasteiger charge is 2.12. The highest BCUT2D eigenvalue weighted by Crippen LogP contribution is 2.21. The summed E-state index contributed by atoms with van der Waals surface area (Å²) in [7, 11) is 0. The molecule has 0 aliphatic carbocycles. The fourth-order valence-electron chi connectivity index (χ4n) is 1.44. The van der Waals surface area contributed by atoms with E-state index in [-0.39, 0.29) is 0 Å². The lowest BCUT2D eigenvalue weighted by atomic mass is 10.0. The predicted octanol–water partition coefficient (Wildman–Crippen LogP) is 2.30. The third-order valence-corrected chi connectivity index (χ3v) is 3.32. The van der Waals surface area contributed by atoms with Crippen LogP contribution in [0.2, 0.25) is 0 Å². The lowest BCUT2D eigenvalue weighted by molar-refractivity contribution is 0.459. The van der Waals surface area contributed by atoms with Crippen molar-refractivity contribution in [3.05, 3.63) is 12.2 Å². The third kappa shape index (κ3) is 4.17. The molecule has 1 heterocycles. The average Bonchev–Trinajstić information content (AvgIpc) is 2.14. The number of hydrogen-bond acceptors (Lipinski definition) is 2. The van der Waals surface area contributed by atoms with Gasteiger partial charge in [-0.15, -0.1) is 0 Å². The summed E-state index contributed by atoms with van der Waals surface area (Å²) in [6.07, 6.45) is 7.10. The van der Waals surface area contributed by atoms with Gasteiger partial charge in [0, 0.05) is 6.54 Å². The Bertz CT molecular complexity index is 128. The Kier molecular flexibility index (Phi) is 5.53. The van der Waals surface area contributed by atoms with E-state index in [1.807, 2.05) is 0 Å². The zero-order valence-electron chi connectivity index (χ0n) is 7.88. The lowest BCUT2D eigenvalue weighted by Gasteiger charge is -2.21. The van der Waals surface area contributed by atoms with Gasteiger partial charge < -0.3 is 5.32 Å². The molecule has 0 saturated carbocycles. The van der Waals surface area contributed by atoms with Crippen molar-refractivity contribution >= 4 is 11.8 Å². The van der Waals surface area contributed by atoms with E-state index in [4.69, 9.17) is 0 Å². The van der Waals surface area contributed by atoms with Gasteiger partial charge in [-0.2, -0.15) is 11.8 Å². The molecule has 12 heavy (non-hydrogen) atoms. The van der Waals surface area contributed by atoms with Crippen LogP contribution >= 0.6 is 11.8 Å². The second-order valence-electron chi connectivity index (χ2n) is 3.28. The standard InChI is InChI=1S/C10H19NS/c1-2-3-6-11-9-10-4-7-12-8-5-10/h2-3,10-11H,4-9H2,1H3/b3-2+. The molecule has 1 aliphatic heterocycles. The van der Waals surface area contributed by atoms with Crippen LogP contribution in [-0.4, -0.2) is 24.6 Å². The van der Waals surface area contributed by atoms with Gasteiger partial charge in [0.1, 0.15) is 0 Å². The molecule has 0 aromatic heterocycles. The molecule has 0 bridgehead atoms. The van der Waals surface area contributed by atoms with Crippen LogP contribution in [0, 0.1) is 5.92 Å². The molecule has 1 saturated heterocycles. The smallest absolute Gasteiger partial charge is 0.0134 e. The topological polar surface area (TPSA) is 12.0 Å². The molecule has 1 nitrogen and oxygen atoms in total. The van der Waals surface area contributed by atoms with Crippen molar-refractivity contribution < 1.29 is 0 Å². The predicted molar refractivity (Wildman–Crippen MR) is 57.7 cm³/mol. The summed E-state index contributed by atoms with van der Waals surface area (Å²) in [5, 5.41) is 3.46. The number of allylic oxidation sites excluding steroid dienone is 1. The molecule has 1 fully saturated rings. The minimum absolute atomic E-state index is 0.941. The van der Waals surface area contributed by atoms with Crippen LogP contribution in [0.25, 0.3) is 0 Å². The fourth-order valence-corrected chi connectivity index (χ4v) is 2.64. The number of hydrogen-bond donors (Lipinski definition) is 1. The quantitative estimate of drug-likeness (QED) is 0.533. The maximum atomic E-state index is 3.46. The number of nitrogens with one attached hydrogen (secondary N) is 1.